The number of hydrogen-bond donors (Lipinski definition) is 1. The SMILES string of the molecule is CCOC(=O)c1ccccc1-c1ccc2nc(N)nc(N(Br)c3ccccc3)c2c1. The second-order valence-corrected chi connectivity index (χ2v) is 7.23. The molecule has 0 aliphatic rings. The highest BCUT2D eigenvalue weighted by Crippen LogP contribution is 2.36. The first-order valence-electron chi connectivity index (χ1n) is 9.43. The van der Waals surface area contributed by atoms with Gasteiger partial charge in [0.1, 0.15) is 0 Å². The van der Waals surface area contributed by atoms with Crippen LogP contribution in [0.4, 0.5) is 17.5 Å². The van der Waals surface area contributed by atoms with Crippen LogP contribution in [0.15, 0.2) is 72.8 Å². The molecule has 4 aromatic rings. The Morgan fingerprint density at radius 2 is 1.77 bits per heavy atom. The van der Waals surface area contributed by atoms with Crippen molar-refractivity contribution in [3.63, 3.8) is 0 Å². The number of halogens is 1. The van der Waals surface area contributed by atoms with Crippen molar-refractivity contribution in [1.82, 2.24) is 9.97 Å². The van der Waals surface area contributed by atoms with Crippen LogP contribution >= 0.6 is 16.1 Å². The zero-order chi connectivity index (χ0) is 21.1. The molecule has 150 valence electrons. The van der Waals surface area contributed by atoms with E-state index in [1.165, 1.54) is 0 Å². The number of ether oxygens (including phenoxy) is 1. The lowest BCUT2D eigenvalue weighted by Gasteiger charge is -2.18. The van der Waals surface area contributed by atoms with E-state index in [9.17, 15) is 4.79 Å². The van der Waals surface area contributed by atoms with E-state index in [0.29, 0.717) is 23.5 Å². The number of hydrogen-bond acceptors (Lipinski definition) is 6. The van der Waals surface area contributed by atoms with Gasteiger partial charge < -0.3 is 10.5 Å². The Hall–Kier alpha value is -3.45. The van der Waals surface area contributed by atoms with Crippen LogP contribution in [0.25, 0.3) is 22.0 Å². The third-order valence-corrected chi connectivity index (χ3v) is 5.34. The molecule has 0 spiro atoms. The van der Waals surface area contributed by atoms with Crippen molar-refractivity contribution in [2.75, 3.05) is 16.3 Å². The molecule has 30 heavy (non-hydrogen) atoms. The van der Waals surface area contributed by atoms with Crippen LogP contribution in [-0.4, -0.2) is 22.5 Å². The van der Waals surface area contributed by atoms with Crippen LogP contribution in [0, 0.1) is 0 Å². The highest BCUT2D eigenvalue weighted by molar-refractivity contribution is 9.10. The highest BCUT2D eigenvalue weighted by atomic mass is 79.9. The number of rotatable bonds is 5. The molecule has 1 heterocycles. The summed E-state index contributed by atoms with van der Waals surface area (Å²) in [6, 6.07) is 22.9. The minimum Gasteiger partial charge on any atom is -0.462 e. The van der Waals surface area contributed by atoms with Gasteiger partial charge in [-0.25, -0.2) is 9.78 Å². The van der Waals surface area contributed by atoms with E-state index in [2.05, 4.69) is 26.1 Å². The van der Waals surface area contributed by atoms with Crippen molar-refractivity contribution in [2.45, 2.75) is 6.92 Å². The van der Waals surface area contributed by atoms with Gasteiger partial charge in [0.25, 0.3) is 0 Å². The fraction of sp³-hybridized carbons (Fsp3) is 0.0870. The van der Waals surface area contributed by atoms with Crippen molar-refractivity contribution in [3.8, 4) is 11.1 Å². The third kappa shape index (κ3) is 3.84. The third-order valence-electron chi connectivity index (χ3n) is 4.60. The predicted octanol–water partition coefficient (Wildman–Crippen LogP) is 5.50. The molecule has 0 amide bonds. The molecule has 0 saturated heterocycles. The zero-order valence-corrected chi connectivity index (χ0v) is 17.8. The van der Waals surface area contributed by atoms with E-state index < -0.39 is 0 Å². The summed E-state index contributed by atoms with van der Waals surface area (Å²) in [6.07, 6.45) is 0. The molecule has 1 aromatic heterocycles. The highest BCUT2D eigenvalue weighted by Gasteiger charge is 2.17. The van der Waals surface area contributed by atoms with Crippen LogP contribution in [0.2, 0.25) is 0 Å². The molecule has 7 heteroatoms. The van der Waals surface area contributed by atoms with Gasteiger partial charge in [-0.3, -0.25) is 3.93 Å². The van der Waals surface area contributed by atoms with Crippen LogP contribution in [-0.2, 0) is 4.74 Å². The minimum atomic E-state index is -0.353. The van der Waals surface area contributed by atoms with Gasteiger partial charge in [0.05, 0.1) is 39.5 Å². The number of anilines is 3. The Morgan fingerprint density at radius 3 is 2.53 bits per heavy atom. The summed E-state index contributed by atoms with van der Waals surface area (Å²) >= 11 is 3.60. The summed E-state index contributed by atoms with van der Waals surface area (Å²) in [7, 11) is 0. The van der Waals surface area contributed by atoms with Gasteiger partial charge in [-0.1, -0.05) is 42.5 Å². The second-order valence-electron chi connectivity index (χ2n) is 6.52. The first-order chi connectivity index (χ1) is 14.6. The number of aromatic nitrogens is 2. The van der Waals surface area contributed by atoms with E-state index in [1.54, 1.807) is 16.9 Å². The van der Waals surface area contributed by atoms with E-state index in [0.717, 1.165) is 22.2 Å². The molecule has 0 saturated carbocycles. The molecule has 6 nitrogen and oxygen atoms in total. The summed E-state index contributed by atoms with van der Waals surface area (Å²) in [4.78, 5) is 21.2. The first kappa shape index (κ1) is 19.8. The molecule has 0 fully saturated rings. The summed E-state index contributed by atoms with van der Waals surface area (Å²) in [6.45, 7) is 2.11. The van der Waals surface area contributed by atoms with Gasteiger partial charge in [-0.05, 0) is 48.4 Å². The lowest BCUT2D eigenvalue weighted by molar-refractivity contribution is 0.0527. The second kappa shape index (κ2) is 8.51. The largest absolute Gasteiger partial charge is 0.462 e. The quantitative estimate of drug-likeness (QED) is 0.311. The molecule has 0 aliphatic heterocycles. The maximum Gasteiger partial charge on any atom is 0.338 e. The Balaban J connectivity index is 1.88. The Morgan fingerprint density at radius 1 is 1.03 bits per heavy atom. The molecule has 4 rings (SSSR count). The molecular formula is C23H19BrN4O2. The number of nitrogens with zero attached hydrogens (tertiary/aromatic N) is 3. The number of carbonyl (C=O) groups excluding carboxylic acids is 1. The summed E-state index contributed by atoms with van der Waals surface area (Å²) in [5.41, 5.74) is 9.70. The molecule has 0 radical (unpaired) electrons. The lowest BCUT2D eigenvalue weighted by atomic mass is 9.98. The zero-order valence-electron chi connectivity index (χ0n) is 16.2. The van der Waals surface area contributed by atoms with Gasteiger partial charge >= 0.3 is 5.97 Å². The average molecular weight is 463 g/mol. The molecule has 0 bridgehead atoms. The van der Waals surface area contributed by atoms with Gasteiger partial charge in [0, 0.05) is 5.39 Å². The van der Waals surface area contributed by atoms with Crippen molar-refractivity contribution in [3.05, 3.63) is 78.4 Å². The smallest absolute Gasteiger partial charge is 0.338 e. The van der Waals surface area contributed by atoms with Crippen LogP contribution in [0.5, 0.6) is 0 Å². The molecule has 2 N–H and O–H groups in total. The fourth-order valence-corrected chi connectivity index (χ4v) is 3.76. The number of para-hydroxylation sites is 1. The Labute approximate surface area is 182 Å². The van der Waals surface area contributed by atoms with E-state index >= 15 is 0 Å². The summed E-state index contributed by atoms with van der Waals surface area (Å²) in [5.74, 6) is 0.435. The fourth-order valence-electron chi connectivity index (χ4n) is 3.25. The Bertz CT molecular complexity index is 1210. The number of fused-ring (bicyclic) bond motifs is 1. The van der Waals surface area contributed by atoms with Gasteiger partial charge in [0.2, 0.25) is 5.95 Å². The number of nitrogen functional groups attached to an aromatic ring is 1. The lowest BCUT2D eigenvalue weighted by Crippen LogP contribution is -2.08. The maximum atomic E-state index is 12.4. The van der Waals surface area contributed by atoms with E-state index in [-0.39, 0.29) is 11.9 Å². The number of benzene rings is 3. The number of nitrogens with two attached hydrogens (primary N) is 1. The van der Waals surface area contributed by atoms with Crippen molar-refractivity contribution in [2.24, 2.45) is 0 Å². The van der Waals surface area contributed by atoms with Crippen molar-refractivity contribution < 1.29 is 9.53 Å². The predicted molar refractivity (Wildman–Crippen MR) is 123 cm³/mol. The van der Waals surface area contributed by atoms with Crippen molar-refractivity contribution in [1.29, 1.82) is 0 Å². The van der Waals surface area contributed by atoms with Gasteiger partial charge in [0.15, 0.2) is 5.82 Å². The first-order valence-corrected chi connectivity index (χ1v) is 10.1. The molecular weight excluding hydrogens is 444 g/mol. The summed E-state index contributed by atoms with van der Waals surface area (Å²) in [5, 5.41) is 0.793. The van der Waals surface area contributed by atoms with E-state index in [1.807, 2.05) is 66.7 Å². The monoisotopic (exact) mass is 462 g/mol. The van der Waals surface area contributed by atoms with Crippen LogP contribution in [0.3, 0.4) is 0 Å². The van der Waals surface area contributed by atoms with Crippen LogP contribution in [0.1, 0.15) is 17.3 Å². The number of carbonyl (C=O) groups is 1. The molecule has 3 aromatic carbocycles. The van der Waals surface area contributed by atoms with Gasteiger partial charge in [-0.15, -0.1) is 0 Å². The number of esters is 1. The van der Waals surface area contributed by atoms with E-state index in [4.69, 9.17) is 10.5 Å². The molecule has 0 unspecified atom stereocenters. The minimum absolute atomic E-state index is 0.178. The molecule has 0 atom stereocenters. The normalized spacial score (nSPS) is 10.7. The Kier molecular flexibility index (Phi) is 5.63. The topological polar surface area (TPSA) is 81.3 Å². The standard InChI is InChI=1S/C23H19BrN4O2/c1-2-30-22(29)18-11-7-6-10-17(18)15-12-13-20-19(14-15)21(27-23(25)26-20)28(24)16-8-4-3-5-9-16/h3-14H,2H2,1H3,(H2,25,26,27). The van der Waals surface area contributed by atoms with Gasteiger partial charge in [-0.2, -0.15) is 4.98 Å². The maximum absolute atomic E-state index is 12.4. The van der Waals surface area contributed by atoms with Crippen LogP contribution < -0.4 is 9.66 Å². The average Bonchev–Trinajstić information content (AvgIpc) is 2.78. The summed E-state index contributed by atoms with van der Waals surface area (Å²) < 4.78 is 7.00. The molecule has 0 aliphatic carbocycles. The van der Waals surface area contributed by atoms with Crippen molar-refractivity contribution >= 4 is 50.5 Å².